The van der Waals surface area contributed by atoms with Crippen LogP contribution in [0.25, 0.3) is 11.3 Å². The number of para-hydroxylation sites is 1. The van der Waals surface area contributed by atoms with Crippen molar-refractivity contribution in [1.82, 2.24) is 4.98 Å². The summed E-state index contributed by atoms with van der Waals surface area (Å²) in [5.41, 5.74) is 1.83. The maximum atomic E-state index is 12.5. The molecule has 1 aliphatic rings. The van der Waals surface area contributed by atoms with Crippen LogP contribution in [0.1, 0.15) is 19.2 Å². The van der Waals surface area contributed by atoms with E-state index in [1.54, 1.807) is 11.2 Å². The second-order valence-corrected chi connectivity index (χ2v) is 6.62. The zero-order valence-electron chi connectivity index (χ0n) is 15.8. The second kappa shape index (κ2) is 8.10. The van der Waals surface area contributed by atoms with Crippen molar-refractivity contribution >= 4 is 23.2 Å². The molecular weight excluding hydrogens is 370 g/mol. The van der Waals surface area contributed by atoms with Crippen LogP contribution < -0.4 is 5.01 Å². The number of ether oxygens (including phenoxy) is 1. The quantitative estimate of drug-likeness (QED) is 0.599. The van der Waals surface area contributed by atoms with Gasteiger partial charge < -0.3 is 9.15 Å². The third-order valence-electron chi connectivity index (χ3n) is 4.57. The van der Waals surface area contributed by atoms with Gasteiger partial charge in [-0.1, -0.05) is 48.5 Å². The topological polar surface area (TPSA) is 85.0 Å². The number of esters is 1. The molecule has 7 heteroatoms. The van der Waals surface area contributed by atoms with Gasteiger partial charge in [-0.25, -0.2) is 9.78 Å². The molecule has 2 aromatic carbocycles. The fraction of sp³-hybridized carbons (Fsp3) is 0.182. The van der Waals surface area contributed by atoms with Crippen LogP contribution in [-0.4, -0.2) is 28.5 Å². The summed E-state index contributed by atoms with van der Waals surface area (Å²) in [5, 5.41) is 5.90. The van der Waals surface area contributed by atoms with Gasteiger partial charge in [0.1, 0.15) is 11.8 Å². The number of carbonyl (C=O) groups is 2. The van der Waals surface area contributed by atoms with E-state index in [-0.39, 0.29) is 24.5 Å². The van der Waals surface area contributed by atoms with Gasteiger partial charge in [-0.3, -0.25) is 9.80 Å². The maximum Gasteiger partial charge on any atom is 0.355 e. The van der Waals surface area contributed by atoms with Gasteiger partial charge in [0.05, 0.1) is 11.9 Å². The highest BCUT2D eigenvalue weighted by Crippen LogP contribution is 2.25. The maximum absolute atomic E-state index is 12.5. The smallest absolute Gasteiger partial charge is 0.355 e. The molecule has 0 bridgehead atoms. The summed E-state index contributed by atoms with van der Waals surface area (Å²) in [7, 11) is 0. The number of nitrogens with zero attached hydrogens (tertiary/aromatic N) is 3. The number of benzene rings is 2. The van der Waals surface area contributed by atoms with Gasteiger partial charge in [0, 0.05) is 12.0 Å². The Hall–Kier alpha value is -3.74. The highest BCUT2D eigenvalue weighted by atomic mass is 16.5. The molecule has 0 fully saturated rings. The number of ketones is 1. The number of anilines is 1. The molecule has 3 aromatic rings. The summed E-state index contributed by atoms with van der Waals surface area (Å²) >= 11 is 0. The molecule has 29 heavy (non-hydrogen) atoms. The summed E-state index contributed by atoms with van der Waals surface area (Å²) in [6.07, 6.45) is 1.79. The SMILES string of the molecule is CC(=O)C1CC(C(=O)OCc2ncc(-c3ccccc3)o2)=NN1c1ccccc1. The Morgan fingerprint density at radius 3 is 2.48 bits per heavy atom. The molecule has 0 N–H and O–H groups in total. The molecule has 7 nitrogen and oxygen atoms in total. The van der Waals surface area contributed by atoms with E-state index in [2.05, 4.69) is 10.1 Å². The molecule has 0 spiro atoms. The number of aromatic nitrogens is 1. The Kier molecular flexibility index (Phi) is 5.20. The van der Waals surface area contributed by atoms with Crippen LogP contribution in [-0.2, 0) is 20.9 Å². The van der Waals surface area contributed by atoms with E-state index in [4.69, 9.17) is 9.15 Å². The van der Waals surface area contributed by atoms with Gasteiger partial charge in [-0.05, 0) is 19.1 Å². The normalized spacial score (nSPS) is 15.8. The molecule has 4 rings (SSSR count). The number of Topliss-reactive ketones (excluding diaryl/α,β-unsaturated/α-hetero) is 1. The Bertz CT molecular complexity index is 1040. The van der Waals surface area contributed by atoms with Crippen molar-refractivity contribution in [2.24, 2.45) is 5.10 Å². The van der Waals surface area contributed by atoms with Crippen LogP contribution >= 0.6 is 0 Å². The highest BCUT2D eigenvalue weighted by molar-refractivity contribution is 6.38. The molecular formula is C22H19N3O4. The van der Waals surface area contributed by atoms with Gasteiger partial charge in [-0.2, -0.15) is 5.10 Å². The highest BCUT2D eigenvalue weighted by Gasteiger charge is 2.35. The molecule has 0 amide bonds. The van der Waals surface area contributed by atoms with Crippen molar-refractivity contribution in [2.45, 2.75) is 26.0 Å². The molecule has 0 aliphatic carbocycles. The van der Waals surface area contributed by atoms with Crippen LogP contribution in [0.5, 0.6) is 0 Å². The van der Waals surface area contributed by atoms with E-state index < -0.39 is 12.0 Å². The Balaban J connectivity index is 1.43. The third kappa shape index (κ3) is 4.08. The van der Waals surface area contributed by atoms with Gasteiger partial charge in [-0.15, -0.1) is 0 Å². The minimum absolute atomic E-state index is 0.0689. The van der Waals surface area contributed by atoms with E-state index >= 15 is 0 Å². The van der Waals surface area contributed by atoms with Crippen molar-refractivity contribution < 1.29 is 18.7 Å². The first-order chi connectivity index (χ1) is 14.1. The Labute approximate surface area is 167 Å². The number of rotatable bonds is 6. The second-order valence-electron chi connectivity index (χ2n) is 6.62. The van der Waals surface area contributed by atoms with Gasteiger partial charge in [0.2, 0.25) is 5.89 Å². The van der Waals surface area contributed by atoms with Gasteiger partial charge in [0.15, 0.2) is 18.2 Å². The van der Waals surface area contributed by atoms with Crippen LogP contribution in [0.15, 0.2) is 76.4 Å². The molecule has 0 saturated heterocycles. The third-order valence-corrected chi connectivity index (χ3v) is 4.57. The standard InChI is InChI=1S/C22H19N3O4/c1-15(26)19-12-18(24-25(19)17-10-6-3-7-11-17)22(27)28-14-21-23-13-20(29-21)16-8-4-2-5-9-16/h2-11,13,19H,12,14H2,1H3. The molecule has 0 saturated carbocycles. The number of carbonyl (C=O) groups excluding carboxylic acids is 2. The van der Waals surface area contributed by atoms with Crippen LogP contribution in [0.3, 0.4) is 0 Å². The van der Waals surface area contributed by atoms with Crippen LogP contribution in [0.2, 0.25) is 0 Å². The largest absolute Gasteiger partial charge is 0.451 e. The average molecular weight is 389 g/mol. The van der Waals surface area contributed by atoms with E-state index in [9.17, 15) is 9.59 Å². The first-order valence-corrected chi connectivity index (χ1v) is 9.21. The summed E-state index contributed by atoms with van der Waals surface area (Å²) in [5.74, 6) is 0.232. The number of hydrazone groups is 1. The predicted octanol–water partition coefficient (Wildman–Crippen LogP) is 3.61. The zero-order chi connectivity index (χ0) is 20.2. The lowest BCUT2D eigenvalue weighted by Crippen LogP contribution is -2.33. The first-order valence-electron chi connectivity index (χ1n) is 9.21. The minimum Gasteiger partial charge on any atom is -0.451 e. The fourth-order valence-electron chi connectivity index (χ4n) is 3.09. The number of hydrogen-bond acceptors (Lipinski definition) is 7. The van der Waals surface area contributed by atoms with Crippen LogP contribution in [0.4, 0.5) is 5.69 Å². The van der Waals surface area contributed by atoms with Gasteiger partial charge >= 0.3 is 5.97 Å². The van der Waals surface area contributed by atoms with E-state index in [1.807, 2.05) is 60.7 Å². The lowest BCUT2D eigenvalue weighted by Gasteiger charge is -2.20. The summed E-state index contributed by atoms with van der Waals surface area (Å²) in [6, 6.07) is 18.3. The van der Waals surface area contributed by atoms with Crippen molar-refractivity contribution in [3.63, 3.8) is 0 Å². The zero-order valence-corrected chi connectivity index (χ0v) is 15.8. The monoisotopic (exact) mass is 389 g/mol. The average Bonchev–Trinajstić information content (AvgIpc) is 3.41. The van der Waals surface area contributed by atoms with E-state index in [0.29, 0.717) is 11.7 Å². The lowest BCUT2D eigenvalue weighted by atomic mass is 10.1. The Morgan fingerprint density at radius 1 is 1.10 bits per heavy atom. The van der Waals surface area contributed by atoms with Crippen LogP contribution in [0, 0.1) is 0 Å². The number of oxazole rings is 1. The fourth-order valence-corrected chi connectivity index (χ4v) is 3.09. The first kappa shape index (κ1) is 18.6. The van der Waals surface area contributed by atoms with Crippen molar-refractivity contribution in [2.75, 3.05) is 5.01 Å². The van der Waals surface area contributed by atoms with Crippen molar-refractivity contribution in [1.29, 1.82) is 0 Å². The van der Waals surface area contributed by atoms with Crippen molar-refractivity contribution in [3.05, 3.63) is 72.8 Å². The molecule has 1 aliphatic heterocycles. The minimum atomic E-state index is -0.589. The Morgan fingerprint density at radius 2 is 1.79 bits per heavy atom. The van der Waals surface area contributed by atoms with E-state index in [1.165, 1.54) is 6.92 Å². The molecule has 146 valence electrons. The summed E-state index contributed by atoms with van der Waals surface area (Å²) < 4.78 is 10.9. The molecule has 2 heterocycles. The summed E-state index contributed by atoms with van der Waals surface area (Å²) in [4.78, 5) is 28.7. The van der Waals surface area contributed by atoms with E-state index in [0.717, 1.165) is 11.3 Å². The van der Waals surface area contributed by atoms with Gasteiger partial charge in [0.25, 0.3) is 0 Å². The predicted molar refractivity (Wildman–Crippen MR) is 107 cm³/mol. The summed E-state index contributed by atoms with van der Waals surface area (Å²) in [6.45, 7) is 1.38. The molecule has 0 radical (unpaired) electrons. The number of hydrogen-bond donors (Lipinski definition) is 0. The molecule has 1 unspecified atom stereocenters. The van der Waals surface area contributed by atoms with Crippen molar-refractivity contribution in [3.8, 4) is 11.3 Å². The lowest BCUT2D eigenvalue weighted by molar-refractivity contribution is -0.137. The molecule has 1 atom stereocenters. The molecule has 1 aromatic heterocycles.